The third kappa shape index (κ3) is 4.47. The molecule has 1 aliphatic rings. The average Bonchev–Trinajstić information content (AvgIpc) is 2.95. The van der Waals surface area contributed by atoms with Crippen LogP contribution in [0.5, 0.6) is 0 Å². The van der Waals surface area contributed by atoms with E-state index in [1.165, 1.54) is 0 Å². The van der Waals surface area contributed by atoms with Gasteiger partial charge in [-0.15, -0.1) is 0 Å². The standard InChI is InChI=1S/C18H26N2O4/c1-13(21)10-15(14-6-4-3-5-7-14)11-19-17(24)20-9-8-18(2,12-20)16(22)23/h3-7,13,15,21H,8-12H2,1-2H3,(H,19,24)(H,22,23). The first-order chi connectivity index (χ1) is 11.3. The van der Waals surface area contributed by atoms with Gasteiger partial charge >= 0.3 is 12.0 Å². The first-order valence-corrected chi connectivity index (χ1v) is 8.31. The van der Waals surface area contributed by atoms with Crippen molar-refractivity contribution in [2.45, 2.75) is 38.7 Å². The molecule has 1 fully saturated rings. The number of nitrogens with zero attached hydrogens (tertiary/aromatic N) is 1. The number of aliphatic hydroxyl groups is 1. The van der Waals surface area contributed by atoms with Crippen LogP contribution in [-0.4, -0.2) is 52.9 Å². The zero-order valence-electron chi connectivity index (χ0n) is 14.2. The molecule has 1 saturated heterocycles. The minimum absolute atomic E-state index is 0.0172. The fraction of sp³-hybridized carbons (Fsp3) is 0.556. The third-order valence-electron chi connectivity index (χ3n) is 4.67. The van der Waals surface area contributed by atoms with Crippen molar-refractivity contribution >= 4 is 12.0 Å². The molecule has 1 aliphatic heterocycles. The maximum absolute atomic E-state index is 12.3. The topological polar surface area (TPSA) is 89.9 Å². The fourth-order valence-electron chi connectivity index (χ4n) is 3.11. The van der Waals surface area contributed by atoms with Crippen LogP contribution >= 0.6 is 0 Å². The molecule has 2 rings (SSSR count). The summed E-state index contributed by atoms with van der Waals surface area (Å²) >= 11 is 0. The van der Waals surface area contributed by atoms with Crippen LogP contribution in [0, 0.1) is 5.41 Å². The molecule has 132 valence electrons. The number of rotatable bonds is 6. The summed E-state index contributed by atoms with van der Waals surface area (Å²) in [5.41, 5.74) is 0.200. The molecular weight excluding hydrogens is 308 g/mol. The Bertz CT molecular complexity index is 576. The molecule has 3 unspecified atom stereocenters. The first kappa shape index (κ1) is 18.3. The Morgan fingerprint density at radius 2 is 2.00 bits per heavy atom. The second kappa shape index (κ2) is 7.66. The van der Waals surface area contributed by atoms with Crippen LogP contribution < -0.4 is 5.32 Å². The molecule has 0 aliphatic carbocycles. The molecule has 0 aromatic heterocycles. The van der Waals surface area contributed by atoms with Crippen molar-refractivity contribution in [1.29, 1.82) is 0 Å². The van der Waals surface area contributed by atoms with Crippen LogP contribution in [0.3, 0.4) is 0 Å². The van der Waals surface area contributed by atoms with Gasteiger partial charge in [-0.2, -0.15) is 0 Å². The minimum Gasteiger partial charge on any atom is -0.481 e. The second-order valence-electron chi connectivity index (χ2n) is 6.92. The lowest BCUT2D eigenvalue weighted by Gasteiger charge is -2.23. The first-order valence-electron chi connectivity index (χ1n) is 8.31. The molecule has 3 N–H and O–H groups in total. The summed E-state index contributed by atoms with van der Waals surface area (Å²) in [6.07, 6.45) is 0.553. The zero-order chi connectivity index (χ0) is 17.7. The maximum atomic E-state index is 12.3. The van der Waals surface area contributed by atoms with Crippen LogP contribution in [0.4, 0.5) is 4.79 Å². The van der Waals surface area contributed by atoms with Gasteiger partial charge in [-0.1, -0.05) is 30.3 Å². The quantitative estimate of drug-likeness (QED) is 0.743. The van der Waals surface area contributed by atoms with E-state index in [0.717, 1.165) is 5.56 Å². The van der Waals surface area contributed by atoms with Gasteiger partial charge in [-0.3, -0.25) is 4.79 Å². The zero-order valence-corrected chi connectivity index (χ0v) is 14.2. The Hall–Kier alpha value is -2.08. The highest BCUT2D eigenvalue weighted by Crippen LogP contribution is 2.30. The number of carbonyl (C=O) groups excluding carboxylic acids is 1. The predicted molar refractivity (Wildman–Crippen MR) is 90.8 cm³/mol. The van der Waals surface area contributed by atoms with E-state index < -0.39 is 17.5 Å². The Kier molecular flexibility index (Phi) is 5.83. The van der Waals surface area contributed by atoms with E-state index in [9.17, 15) is 19.8 Å². The molecular formula is C18H26N2O4. The van der Waals surface area contributed by atoms with Crippen molar-refractivity contribution in [2.24, 2.45) is 5.41 Å². The van der Waals surface area contributed by atoms with E-state index in [-0.39, 0.29) is 18.5 Å². The number of benzene rings is 1. The number of hydrogen-bond donors (Lipinski definition) is 3. The Labute approximate surface area is 142 Å². The van der Waals surface area contributed by atoms with Crippen molar-refractivity contribution in [3.05, 3.63) is 35.9 Å². The van der Waals surface area contributed by atoms with E-state index in [1.54, 1.807) is 18.7 Å². The van der Waals surface area contributed by atoms with Gasteiger partial charge in [0.1, 0.15) is 0 Å². The lowest BCUT2D eigenvalue weighted by Crippen LogP contribution is -2.42. The molecule has 6 nitrogen and oxygen atoms in total. The van der Waals surface area contributed by atoms with Gasteiger partial charge < -0.3 is 20.4 Å². The number of urea groups is 1. The summed E-state index contributed by atoms with van der Waals surface area (Å²) < 4.78 is 0. The van der Waals surface area contributed by atoms with E-state index in [0.29, 0.717) is 25.9 Å². The second-order valence-corrected chi connectivity index (χ2v) is 6.92. The molecule has 0 saturated carbocycles. The Morgan fingerprint density at radius 3 is 2.54 bits per heavy atom. The van der Waals surface area contributed by atoms with Crippen LogP contribution in [0.15, 0.2) is 30.3 Å². The lowest BCUT2D eigenvalue weighted by atomic mass is 9.90. The normalized spacial score (nSPS) is 22.9. The highest BCUT2D eigenvalue weighted by Gasteiger charge is 2.42. The third-order valence-corrected chi connectivity index (χ3v) is 4.67. The molecule has 2 amide bonds. The van der Waals surface area contributed by atoms with Crippen LogP contribution in [-0.2, 0) is 4.79 Å². The number of carbonyl (C=O) groups is 2. The smallest absolute Gasteiger partial charge is 0.317 e. The molecule has 6 heteroatoms. The molecule has 24 heavy (non-hydrogen) atoms. The van der Waals surface area contributed by atoms with Crippen molar-refractivity contribution in [3.8, 4) is 0 Å². The van der Waals surface area contributed by atoms with Crippen molar-refractivity contribution in [2.75, 3.05) is 19.6 Å². The Morgan fingerprint density at radius 1 is 1.33 bits per heavy atom. The summed E-state index contributed by atoms with van der Waals surface area (Å²) in [4.78, 5) is 25.2. The highest BCUT2D eigenvalue weighted by molar-refractivity contribution is 5.79. The van der Waals surface area contributed by atoms with Crippen molar-refractivity contribution in [1.82, 2.24) is 10.2 Å². The SMILES string of the molecule is CC(O)CC(CNC(=O)N1CCC(C)(C(=O)O)C1)c1ccccc1. The van der Waals surface area contributed by atoms with Crippen LogP contribution in [0.25, 0.3) is 0 Å². The summed E-state index contributed by atoms with van der Waals surface area (Å²) in [6.45, 7) is 4.48. The summed E-state index contributed by atoms with van der Waals surface area (Å²) in [7, 11) is 0. The number of amides is 2. The van der Waals surface area contributed by atoms with Crippen LogP contribution in [0.2, 0.25) is 0 Å². The number of carboxylic acid groups (broad SMARTS) is 1. The molecule has 1 aromatic rings. The van der Waals surface area contributed by atoms with E-state index in [4.69, 9.17) is 0 Å². The molecule has 0 spiro atoms. The predicted octanol–water partition coefficient (Wildman–Crippen LogP) is 2.05. The lowest BCUT2D eigenvalue weighted by molar-refractivity contribution is -0.147. The summed E-state index contributed by atoms with van der Waals surface area (Å²) in [6, 6.07) is 9.52. The maximum Gasteiger partial charge on any atom is 0.317 e. The van der Waals surface area contributed by atoms with Crippen molar-refractivity contribution in [3.63, 3.8) is 0 Å². The van der Waals surface area contributed by atoms with E-state index in [2.05, 4.69) is 5.32 Å². The van der Waals surface area contributed by atoms with Gasteiger partial charge in [0.05, 0.1) is 11.5 Å². The van der Waals surface area contributed by atoms with Gasteiger partial charge in [0, 0.05) is 25.6 Å². The van der Waals surface area contributed by atoms with Gasteiger partial charge in [0.2, 0.25) is 0 Å². The largest absolute Gasteiger partial charge is 0.481 e. The van der Waals surface area contributed by atoms with Gasteiger partial charge in [-0.05, 0) is 32.3 Å². The fourth-order valence-corrected chi connectivity index (χ4v) is 3.11. The van der Waals surface area contributed by atoms with Gasteiger partial charge in [0.25, 0.3) is 0 Å². The number of aliphatic carboxylic acids is 1. The molecule has 0 radical (unpaired) electrons. The highest BCUT2D eigenvalue weighted by atomic mass is 16.4. The minimum atomic E-state index is -0.867. The molecule has 1 aromatic carbocycles. The monoisotopic (exact) mass is 334 g/mol. The average molecular weight is 334 g/mol. The number of carboxylic acids is 1. The Balaban J connectivity index is 1.94. The molecule has 0 bridgehead atoms. The number of likely N-dealkylation sites (tertiary alicyclic amines) is 1. The van der Waals surface area contributed by atoms with Gasteiger partial charge in [0.15, 0.2) is 0 Å². The number of hydrogen-bond acceptors (Lipinski definition) is 3. The molecule has 1 heterocycles. The van der Waals surface area contributed by atoms with Crippen molar-refractivity contribution < 1.29 is 19.8 Å². The summed E-state index contributed by atoms with van der Waals surface area (Å²) in [5, 5.41) is 21.8. The summed E-state index contributed by atoms with van der Waals surface area (Å²) in [5.74, 6) is -0.849. The molecule has 3 atom stereocenters. The van der Waals surface area contributed by atoms with Gasteiger partial charge in [-0.25, -0.2) is 4.79 Å². The van der Waals surface area contributed by atoms with E-state index >= 15 is 0 Å². The number of aliphatic hydroxyl groups excluding tert-OH is 1. The van der Waals surface area contributed by atoms with Crippen LogP contribution in [0.1, 0.15) is 38.2 Å². The number of nitrogens with one attached hydrogen (secondary N) is 1. The van der Waals surface area contributed by atoms with E-state index in [1.807, 2.05) is 30.3 Å².